The van der Waals surface area contributed by atoms with Gasteiger partial charge in [-0.2, -0.15) is 0 Å². The Bertz CT molecular complexity index is 1850. The number of Topliss-reactive ketones (excluding diaryl/α,β-unsaturated/α-hetero) is 1. The van der Waals surface area contributed by atoms with E-state index >= 15 is 0 Å². The zero-order chi connectivity index (χ0) is 31.9. The molecule has 1 aromatic heterocycles. The predicted octanol–water partition coefficient (Wildman–Crippen LogP) is 5.20. The van der Waals surface area contributed by atoms with Crippen molar-refractivity contribution in [1.29, 1.82) is 0 Å². The number of carbonyl (C=O) groups is 5. The van der Waals surface area contributed by atoms with Gasteiger partial charge in [0.15, 0.2) is 5.78 Å². The lowest BCUT2D eigenvalue weighted by Gasteiger charge is -2.48. The largest absolute Gasteiger partial charge is 0.463 e. The molecule has 11 heteroatoms. The van der Waals surface area contributed by atoms with E-state index in [0.717, 1.165) is 21.4 Å². The lowest BCUT2D eigenvalue weighted by Crippen LogP contribution is -2.48. The first kappa shape index (κ1) is 29.3. The van der Waals surface area contributed by atoms with Crippen molar-refractivity contribution in [3.8, 4) is 0 Å². The number of benzene rings is 2. The van der Waals surface area contributed by atoms with Crippen molar-refractivity contribution in [2.75, 3.05) is 9.80 Å². The summed E-state index contributed by atoms with van der Waals surface area (Å²) in [6.45, 7) is 2.75. The van der Waals surface area contributed by atoms with Gasteiger partial charge in [0.2, 0.25) is 23.6 Å². The zero-order valence-electron chi connectivity index (χ0n) is 24.3. The van der Waals surface area contributed by atoms with Gasteiger partial charge in [0.1, 0.15) is 23.9 Å². The molecule has 4 aliphatic rings. The van der Waals surface area contributed by atoms with Gasteiger partial charge in [-0.05, 0) is 87.2 Å². The average Bonchev–Trinajstić information content (AvgIpc) is 3.65. The molecular formula is C34H28ClFN2O7. The molecule has 7 rings (SSSR count). The maximum absolute atomic E-state index is 14.4. The lowest BCUT2D eigenvalue weighted by atomic mass is 9.52. The Kier molecular flexibility index (Phi) is 6.72. The molecule has 1 saturated carbocycles. The first-order valence-electron chi connectivity index (χ1n) is 14.7. The molecule has 0 bridgehead atoms. The van der Waals surface area contributed by atoms with Crippen LogP contribution in [0.5, 0.6) is 0 Å². The van der Waals surface area contributed by atoms with Crippen molar-refractivity contribution >= 4 is 52.4 Å². The summed E-state index contributed by atoms with van der Waals surface area (Å²) in [7, 11) is 0. The third-order valence-corrected chi connectivity index (χ3v) is 10.4. The third kappa shape index (κ3) is 4.12. The first-order chi connectivity index (χ1) is 21.5. The molecule has 2 saturated heterocycles. The Hall–Kier alpha value is -4.41. The zero-order valence-corrected chi connectivity index (χ0v) is 25.1. The fourth-order valence-electron chi connectivity index (χ4n) is 7.92. The highest BCUT2D eigenvalue weighted by Crippen LogP contribution is 2.63. The normalized spacial score (nSPS) is 29.1. The molecule has 9 nitrogen and oxygen atoms in total. The summed E-state index contributed by atoms with van der Waals surface area (Å²) in [5, 5.41) is 9.51. The Morgan fingerprint density at radius 3 is 2.33 bits per heavy atom. The third-order valence-electron chi connectivity index (χ3n) is 10.1. The summed E-state index contributed by atoms with van der Waals surface area (Å²) in [6.07, 6.45) is 2.26. The maximum Gasteiger partial charge on any atom is 0.241 e. The molecular weight excluding hydrogens is 603 g/mol. The van der Waals surface area contributed by atoms with Gasteiger partial charge in [-0.1, -0.05) is 23.3 Å². The van der Waals surface area contributed by atoms with Crippen LogP contribution in [0.15, 0.2) is 70.7 Å². The van der Waals surface area contributed by atoms with Crippen LogP contribution in [0.3, 0.4) is 0 Å². The molecule has 4 amide bonds. The number of nitrogens with zero attached hydrogens (tertiary/aromatic N) is 2. The molecule has 3 heterocycles. The molecule has 2 aliphatic carbocycles. The summed E-state index contributed by atoms with van der Waals surface area (Å²) in [5.41, 5.74) is 0.303. The molecule has 0 radical (unpaired) electrons. The highest BCUT2D eigenvalue weighted by atomic mass is 35.5. The Balaban J connectivity index is 1.33. The number of amides is 4. The molecule has 2 aliphatic heterocycles. The number of aliphatic hydroxyl groups is 1. The minimum Gasteiger partial charge on any atom is -0.463 e. The summed E-state index contributed by atoms with van der Waals surface area (Å²) in [5.74, 6) is -5.74. The van der Waals surface area contributed by atoms with Gasteiger partial charge in [-0.25, -0.2) is 9.29 Å². The molecule has 6 atom stereocenters. The average molecular weight is 631 g/mol. The number of anilines is 2. The van der Waals surface area contributed by atoms with Crippen molar-refractivity contribution < 1.29 is 37.9 Å². The lowest BCUT2D eigenvalue weighted by molar-refractivity contribution is -0.131. The number of imide groups is 2. The number of allylic oxidation sites excluding steroid dienone is 2. The number of rotatable bonds is 5. The minimum atomic E-state index is -1.36. The van der Waals surface area contributed by atoms with E-state index in [9.17, 15) is 33.5 Å². The quantitative estimate of drug-likeness (QED) is 0.233. The number of halogens is 2. The molecule has 230 valence electrons. The highest BCUT2D eigenvalue weighted by molar-refractivity contribution is 6.32. The topological polar surface area (TPSA) is 125 Å². The van der Waals surface area contributed by atoms with Crippen LogP contribution in [-0.4, -0.2) is 34.5 Å². The molecule has 2 aromatic carbocycles. The fourth-order valence-corrected chi connectivity index (χ4v) is 8.10. The van der Waals surface area contributed by atoms with Crippen LogP contribution in [0, 0.1) is 34.9 Å². The van der Waals surface area contributed by atoms with E-state index in [0.29, 0.717) is 17.0 Å². The van der Waals surface area contributed by atoms with Gasteiger partial charge >= 0.3 is 0 Å². The van der Waals surface area contributed by atoms with Crippen LogP contribution in [0.1, 0.15) is 54.5 Å². The van der Waals surface area contributed by atoms with Crippen molar-refractivity contribution in [3.63, 3.8) is 0 Å². The SMILES string of the molecule is CC(=O)c1ccc(N2C(=O)[C@H]3[C@H](CC=C4[C@H]3C[C@H]3C(=O)N(c5ccc(F)c(Cl)c5)C(=O)[C@@]3(C)[C@H]4c3ccc(CO)o3)C2=O)cc1. The van der Waals surface area contributed by atoms with Crippen molar-refractivity contribution in [1.82, 2.24) is 0 Å². The smallest absolute Gasteiger partial charge is 0.241 e. The van der Waals surface area contributed by atoms with E-state index in [4.69, 9.17) is 16.0 Å². The van der Waals surface area contributed by atoms with Crippen molar-refractivity contribution in [2.24, 2.45) is 29.1 Å². The number of hydrogen-bond acceptors (Lipinski definition) is 7. The second kappa shape index (κ2) is 10.3. The summed E-state index contributed by atoms with van der Waals surface area (Å²) in [6, 6.07) is 13.2. The highest BCUT2D eigenvalue weighted by Gasteiger charge is 2.68. The number of carbonyl (C=O) groups excluding carboxylic acids is 5. The first-order valence-corrected chi connectivity index (χ1v) is 15.1. The second-order valence-corrected chi connectivity index (χ2v) is 12.7. The molecule has 0 spiro atoms. The van der Waals surface area contributed by atoms with E-state index in [-0.39, 0.29) is 47.6 Å². The van der Waals surface area contributed by atoms with E-state index in [1.165, 1.54) is 19.1 Å². The predicted molar refractivity (Wildman–Crippen MR) is 160 cm³/mol. The van der Waals surface area contributed by atoms with Crippen LogP contribution in [0.25, 0.3) is 0 Å². The van der Waals surface area contributed by atoms with E-state index in [2.05, 4.69) is 0 Å². The van der Waals surface area contributed by atoms with E-state index in [1.807, 2.05) is 6.08 Å². The van der Waals surface area contributed by atoms with Gasteiger partial charge < -0.3 is 9.52 Å². The number of furan rings is 1. The number of aliphatic hydroxyl groups excluding tert-OH is 1. The van der Waals surface area contributed by atoms with Crippen LogP contribution < -0.4 is 9.80 Å². The summed E-state index contributed by atoms with van der Waals surface area (Å²) >= 11 is 6.03. The molecule has 45 heavy (non-hydrogen) atoms. The summed E-state index contributed by atoms with van der Waals surface area (Å²) < 4.78 is 20.0. The van der Waals surface area contributed by atoms with Crippen molar-refractivity contribution in [2.45, 2.75) is 39.2 Å². The monoisotopic (exact) mass is 630 g/mol. The van der Waals surface area contributed by atoms with Crippen LogP contribution >= 0.6 is 11.6 Å². The molecule has 0 unspecified atom stereocenters. The van der Waals surface area contributed by atoms with Crippen LogP contribution in [0.2, 0.25) is 5.02 Å². The number of hydrogen-bond donors (Lipinski definition) is 1. The standard InChI is InChI=1S/C34H28ClFN2O7/c1-16(40)17-3-5-18(6-4-17)37-30(41)22-10-9-21-23(28(22)32(37)43)14-24-31(42)38(19-7-11-26(36)25(35)13-19)33(44)34(24,2)29(21)27-12-8-20(15-39)45-27/h3-9,11-13,22-24,28-29,39H,10,14-15H2,1-2H3/t22-,23+,24-,28-,29+,34+/m0/s1. The van der Waals surface area contributed by atoms with Gasteiger partial charge in [0.25, 0.3) is 0 Å². The Labute approximate surface area is 262 Å². The van der Waals surface area contributed by atoms with Crippen LogP contribution in [-0.2, 0) is 25.8 Å². The molecule has 3 aromatic rings. The number of ketones is 1. The van der Waals surface area contributed by atoms with Gasteiger partial charge in [0, 0.05) is 5.56 Å². The minimum absolute atomic E-state index is 0.125. The maximum atomic E-state index is 14.4. The fraction of sp³-hybridized carbons (Fsp3) is 0.324. The number of fused-ring (bicyclic) bond motifs is 4. The summed E-state index contributed by atoms with van der Waals surface area (Å²) in [4.78, 5) is 70.4. The second-order valence-electron chi connectivity index (χ2n) is 12.3. The van der Waals surface area contributed by atoms with Crippen LogP contribution in [0.4, 0.5) is 15.8 Å². The van der Waals surface area contributed by atoms with E-state index < -0.39 is 58.5 Å². The van der Waals surface area contributed by atoms with Gasteiger partial charge in [0.05, 0.1) is 45.5 Å². The molecule has 1 N–H and O–H groups in total. The Morgan fingerprint density at radius 1 is 0.978 bits per heavy atom. The Morgan fingerprint density at radius 2 is 1.69 bits per heavy atom. The van der Waals surface area contributed by atoms with Gasteiger partial charge in [-0.15, -0.1) is 0 Å². The van der Waals surface area contributed by atoms with Crippen molar-refractivity contribution in [3.05, 3.63) is 94.2 Å². The molecule has 3 fully saturated rings. The van der Waals surface area contributed by atoms with E-state index in [1.54, 1.807) is 43.3 Å². The van der Waals surface area contributed by atoms with Gasteiger partial charge in [-0.3, -0.25) is 28.9 Å².